The Morgan fingerprint density at radius 3 is 2.42 bits per heavy atom. The molecule has 0 bridgehead atoms. The van der Waals surface area contributed by atoms with Gasteiger partial charge in [-0.15, -0.1) is 0 Å². The Kier molecular flexibility index (Phi) is 10.6. The van der Waals surface area contributed by atoms with Crippen LogP contribution in [0, 0.1) is 11.3 Å². The lowest BCUT2D eigenvalue weighted by Crippen LogP contribution is -2.44. The van der Waals surface area contributed by atoms with Crippen LogP contribution in [0.2, 0.25) is 0 Å². The van der Waals surface area contributed by atoms with Crippen molar-refractivity contribution in [3.63, 3.8) is 0 Å². The Hall–Kier alpha value is -0.120. The van der Waals surface area contributed by atoms with Gasteiger partial charge in [-0.25, -0.2) is 0 Å². The minimum Gasteiger partial charge on any atom is -0.383 e. The summed E-state index contributed by atoms with van der Waals surface area (Å²) >= 11 is 0. The predicted octanol–water partition coefficient (Wildman–Crippen LogP) is 3.01. The van der Waals surface area contributed by atoms with Crippen molar-refractivity contribution in [2.45, 2.75) is 47.5 Å². The topological polar surface area (TPSA) is 24.5 Å². The van der Waals surface area contributed by atoms with Crippen LogP contribution in [0.5, 0.6) is 0 Å². The van der Waals surface area contributed by atoms with Gasteiger partial charge in [0.1, 0.15) is 0 Å². The monoisotopic (exact) mass is 272 g/mol. The second kappa shape index (κ2) is 10.6. The van der Waals surface area contributed by atoms with Crippen LogP contribution in [-0.4, -0.2) is 51.3 Å². The van der Waals surface area contributed by atoms with E-state index in [0.717, 1.165) is 39.3 Å². The molecule has 0 fully saturated rings. The first-order chi connectivity index (χ1) is 8.97. The smallest absolute Gasteiger partial charge is 0.0589 e. The maximum Gasteiger partial charge on any atom is 0.0589 e. The highest BCUT2D eigenvalue weighted by Crippen LogP contribution is 2.24. The van der Waals surface area contributed by atoms with Gasteiger partial charge in [0, 0.05) is 33.3 Å². The zero-order valence-electron chi connectivity index (χ0n) is 14.1. The van der Waals surface area contributed by atoms with Crippen molar-refractivity contribution in [2.75, 3.05) is 46.4 Å². The molecule has 0 aromatic heterocycles. The van der Waals surface area contributed by atoms with E-state index in [4.69, 9.17) is 4.74 Å². The molecular formula is C16H36N2O. The van der Waals surface area contributed by atoms with E-state index in [-0.39, 0.29) is 0 Å². The molecule has 0 aromatic carbocycles. The fourth-order valence-electron chi connectivity index (χ4n) is 2.77. The largest absolute Gasteiger partial charge is 0.383 e. The average Bonchev–Trinajstić information content (AvgIpc) is 2.33. The van der Waals surface area contributed by atoms with Gasteiger partial charge in [0.05, 0.1) is 6.61 Å². The maximum atomic E-state index is 5.25. The van der Waals surface area contributed by atoms with E-state index >= 15 is 0 Å². The van der Waals surface area contributed by atoms with E-state index in [1.807, 2.05) is 0 Å². The second-order valence-electron chi connectivity index (χ2n) is 6.46. The molecule has 0 radical (unpaired) electrons. The average molecular weight is 272 g/mol. The molecule has 3 nitrogen and oxygen atoms in total. The van der Waals surface area contributed by atoms with Gasteiger partial charge in [-0.1, -0.05) is 41.0 Å². The lowest BCUT2D eigenvalue weighted by Gasteiger charge is -2.36. The van der Waals surface area contributed by atoms with Gasteiger partial charge in [0.2, 0.25) is 0 Å². The molecule has 0 aliphatic heterocycles. The molecule has 0 heterocycles. The molecule has 116 valence electrons. The molecule has 3 heteroatoms. The Bertz CT molecular complexity index is 209. The van der Waals surface area contributed by atoms with Gasteiger partial charge in [-0.2, -0.15) is 0 Å². The summed E-state index contributed by atoms with van der Waals surface area (Å²) in [5, 5.41) is 3.53. The van der Waals surface area contributed by atoms with E-state index in [1.165, 1.54) is 12.8 Å². The van der Waals surface area contributed by atoms with Crippen LogP contribution in [-0.2, 0) is 4.74 Å². The van der Waals surface area contributed by atoms with E-state index in [1.54, 1.807) is 7.11 Å². The van der Waals surface area contributed by atoms with Crippen molar-refractivity contribution in [2.24, 2.45) is 11.3 Å². The summed E-state index contributed by atoms with van der Waals surface area (Å²) in [6.45, 7) is 17.8. The number of hydrogen-bond acceptors (Lipinski definition) is 3. The first-order valence-corrected chi connectivity index (χ1v) is 7.89. The molecule has 0 rings (SSSR count). The van der Waals surface area contributed by atoms with Gasteiger partial charge < -0.3 is 15.0 Å². The molecule has 1 atom stereocenters. The Morgan fingerprint density at radius 2 is 1.95 bits per heavy atom. The van der Waals surface area contributed by atoms with E-state index in [9.17, 15) is 0 Å². The van der Waals surface area contributed by atoms with Crippen molar-refractivity contribution in [3.05, 3.63) is 0 Å². The standard InChI is InChI=1S/C16H36N2O/c1-7-9-16(5,13-17-8-2)14-18(10-11-19-6)12-15(3)4/h15,17H,7-14H2,1-6H3. The first-order valence-electron chi connectivity index (χ1n) is 7.89. The first kappa shape index (κ1) is 18.9. The zero-order chi connectivity index (χ0) is 14.7. The summed E-state index contributed by atoms with van der Waals surface area (Å²) in [6, 6.07) is 0. The van der Waals surface area contributed by atoms with Gasteiger partial charge >= 0.3 is 0 Å². The highest BCUT2D eigenvalue weighted by atomic mass is 16.5. The van der Waals surface area contributed by atoms with E-state index < -0.39 is 0 Å². The number of ether oxygens (including phenoxy) is 1. The van der Waals surface area contributed by atoms with Crippen LogP contribution >= 0.6 is 0 Å². The highest BCUT2D eigenvalue weighted by molar-refractivity contribution is 4.81. The molecule has 0 aromatic rings. The van der Waals surface area contributed by atoms with Crippen LogP contribution in [0.3, 0.4) is 0 Å². The van der Waals surface area contributed by atoms with Crippen LogP contribution in [0.4, 0.5) is 0 Å². The van der Waals surface area contributed by atoms with Gasteiger partial charge in [0.25, 0.3) is 0 Å². The van der Waals surface area contributed by atoms with Gasteiger partial charge in [0.15, 0.2) is 0 Å². The molecule has 0 aliphatic carbocycles. The number of nitrogens with one attached hydrogen (secondary N) is 1. The van der Waals surface area contributed by atoms with Crippen LogP contribution in [0.25, 0.3) is 0 Å². The van der Waals surface area contributed by atoms with E-state index in [2.05, 4.69) is 44.8 Å². The maximum absolute atomic E-state index is 5.25. The third kappa shape index (κ3) is 9.42. The fraction of sp³-hybridized carbons (Fsp3) is 1.00. The van der Waals surface area contributed by atoms with Gasteiger partial charge in [-0.3, -0.25) is 0 Å². The molecule has 0 aliphatic rings. The van der Waals surface area contributed by atoms with Crippen molar-refractivity contribution < 1.29 is 4.74 Å². The summed E-state index contributed by atoms with van der Waals surface area (Å²) in [7, 11) is 1.79. The van der Waals surface area contributed by atoms with Crippen LogP contribution < -0.4 is 5.32 Å². The number of nitrogens with zero attached hydrogens (tertiary/aromatic N) is 1. The lowest BCUT2D eigenvalue weighted by molar-refractivity contribution is 0.0979. The summed E-state index contributed by atoms with van der Waals surface area (Å²) < 4.78 is 5.25. The summed E-state index contributed by atoms with van der Waals surface area (Å²) in [4.78, 5) is 2.57. The number of methoxy groups -OCH3 is 1. The molecule has 1 unspecified atom stereocenters. The highest BCUT2D eigenvalue weighted by Gasteiger charge is 2.26. The summed E-state index contributed by atoms with van der Waals surface area (Å²) in [5.74, 6) is 0.710. The minimum absolute atomic E-state index is 0.368. The van der Waals surface area contributed by atoms with Crippen LogP contribution in [0.1, 0.15) is 47.5 Å². The van der Waals surface area contributed by atoms with Crippen molar-refractivity contribution >= 4 is 0 Å². The van der Waals surface area contributed by atoms with Gasteiger partial charge in [-0.05, 0) is 24.3 Å². The molecule has 19 heavy (non-hydrogen) atoms. The Morgan fingerprint density at radius 1 is 1.26 bits per heavy atom. The minimum atomic E-state index is 0.368. The zero-order valence-corrected chi connectivity index (χ0v) is 14.1. The molecule has 0 amide bonds. The predicted molar refractivity (Wildman–Crippen MR) is 84.7 cm³/mol. The third-order valence-electron chi connectivity index (χ3n) is 3.50. The SMILES string of the molecule is CCCC(C)(CNCC)CN(CCOC)CC(C)C. The fourth-order valence-corrected chi connectivity index (χ4v) is 2.77. The van der Waals surface area contributed by atoms with Crippen molar-refractivity contribution in [1.29, 1.82) is 0 Å². The quantitative estimate of drug-likeness (QED) is 0.591. The molecule has 0 saturated carbocycles. The van der Waals surface area contributed by atoms with Crippen LogP contribution in [0.15, 0.2) is 0 Å². The summed E-state index contributed by atoms with van der Waals surface area (Å²) in [5.41, 5.74) is 0.368. The third-order valence-corrected chi connectivity index (χ3v) is 3.50. The van der Waals surface area contributed by atoms with Crippen molar-refractivity contribution in [3.8, 4) is 0 Å². The Labute approximate surface area is 121 Å². The number of rotatable bonds is 12. The lowest BCUT2D eigenvalue weighted by atomic mass is 9.84. The van der Waals surface area contributed by atoms with Crippen molar-refractivity contribution in [1.82, 2.24) is 10.2 Å². The second-order valence-corrected chi connectivity index (χ2v) is 6.46. The normalized spacial score (nSPS) is 15.2. The molecule has 0 saturated heterocycles. The summed E-state index contributed by atoms with van der Waals surface area (Å²) in [6.07, 6.45) is 2.53. The number of hydrogen-bond donors (Lipinski definition) is 1. The van der Waals surface area contributed by atoms with E-state index in [0.29, 0.717) is 11.3 Å². The molecule has 1 N–H and O–H groups in total. The molecular weight excluding hydrogens is 236 g/mol. The Balaban J connectivity index is 4.51. The molecule has 0 spiro atoms.